The number of sulfone groups is 1. The molecule has 0 aromatic heterocycles. The molecule has 7 heteroatoms. The van der Waals surface area contributed by atoms with Crippen molar-refractivity contribution in [2.24, 2.45) is 11.8 Å². The van der Waals surface area contributed by atoms with Crippen LogP contribution in [0.5, 0.6) is 0 Å². The zero-order valence-corrected chi connectivity index (χ0v) is 13.4. The van der Waals surface area contributed by atoms with Crippen LogP contribution in [0.1, 0.15) is 40.5 Å². The average molecular weight is 307 g/mol. The number of hydrogen-bond acceptors (Lipinski definition) is 4. The highest BCUT2D eigenvalue weighted by Crippen LogP contribution is 2.06. The van der Waals surface area contributed by atoms with E-state index in [1.165, 1.54) is 0 Å². The van der Waals surface area contributed by atoms with E-state index in [9.17, 15) is 18.0 Å². The Morgan fingerprint density at radius 2 is 1.65 bits per heavy atom. The monoisotopic (exact) mass is 307 g/mol. The first-order chi connectivity index (χ1) is 9.03. The third kappa shape index (κ3) is 8.90. The Balaban J connectivity index is 4.37. The molecule has 1 amide bonds. The fourth-order valence-electron chi connectivity index (χ4n) is 1.80. The van der Waals surface area contributed by atoms with Gasteiger partial charge in [0.2, 0.25) is 5.91 Å². The Bertz CT molecular complexity index is 428. The lowest BCUT2D eigenvalue weighted by Gasteiger charge is -2.16. The van der Waals surface area contributed by atoms with E-state index in [1.54, 1.807) is 13.8 Å². The van der Waals surface area contributed by atoms with E-state index in [0.717, 1.165) is 0 Å². The summed E-state index contributed by atoms with van der Waals surface area (Å²) in [7, 11) is -3.26. The molecule has 0 aromatic carbocycles. The van der Waals surface area contributed by atoms with Crippen LogP contribution >= 0.6 is 0 Å². The van der Waals surface area contributed by atoms with Crippen LogP contribution in [0, 0.1) is 11.8 Å². The summed E-state index contributed by atoms with van der Waals surface area (Å²) >= 11 is 0. The van der Waals surface area contributed by atoms with Crippen LogP contribution in [-0.4, -0.2) is 42.9 Å². The van der Waals surface area contributed by atoms with Crippen molar-refractivity contribution in [3.05, 3.63) is 0 Å². The zero-order chi connectivity index (χ0) is 15.9. The average Bonchev–Trinajstić information content (AvgIpc) is 2.23. The molecular formula is C13H25NO5S. The van der Waals surface area contributed by atoms with Crippen molar-refractivity contribution in [3.8, 4) is 0 Å². The summed E-state index contributed by atoms with van der Waals surface area (Å²) in [6.07, 6.45) is 0.122. The van der Waals surface area contributed by atoms with Crippen LogP contribution < -0.4 is 5.32 Å². The second-order valence-corrected chi connectivity index (χ2v) is 8.07. The normalized spacial score (nSPS) is 13.5. The largest absolute Gasteiger partial charge is 0.480 e. The van der Waals surface area contributed by atoms with Crippen molar-refractivity contribution >= 4 is 21.7 Å². The van der Waals surface area contributed by atoms with Gasteiger partial charge >= 0.3 is 5.97 Å². The molecule has 0 aliphatic rings. The number of amides is 1. The van der Waals surface area contributed by atoms with Gasteiger partial charge in [0, 0.05) is 6.42 Å². The van der Waals surface area contributed by atoms with Crippen LogP contribution in [0.4, 0.5) is 0 Å². The Labute approximate surface area is 120 Å². The summed E-state index contributed by atoms with van der Waals surface area (Å²) in [6, 6.07) is -0.963. The van der Waals surface area contributed by atoms with Gasteiger partial charge in [-0.1, -0.05) is 27.7 Å². The maximum Gasteiger partial charge on any atom is 0.326 e. The van der Waals surface area contributed by atoms with Gasteiger partial charge in [0.1, 0.15) is 6.04 Å². The fraction of sp³-hybridized carbons (Fsp3) is 0.846. The van der Waals surface area contributed by atoms with Gasteiger partial charge < -0.3 is 10.4 Å². The molecule has 6 nitrogen and oxygen atoms in total. The Kier molecular flexibility index (Phi) is 7.78. The maximum atomic E-state index is 11.6. The Morgan fingerprint density at radius 1 is 1.10 bits per heavy atom. The van der Waals surface area contributed by atoms with Gasteiger partial charge in [-0.05, 0) is 18.3 Å². The molecule has 0 saturated heterocycles. The summed E-state index contributed by atoms with van der Waals surface area (Å²) in [6.45, 7) is 7.30. The Hall–Kier alpha value is -1.11. The minimum atomic E-state index is -3.26. The Morgan fingerprint density at radius 3 is 2.05 bits per heavy atom. The van der Waals surface area contributed by atoms with Gasteiger partial charge in [-0.2, -0.15) is 0 Å². The van der Waals surface area contributed by atoms with Crippen molar-refractivity contribution in [1.29, 1.82) is 0 Å². The lowest BCUT2D eigenvalue weighted by atomic mass is 10.0. The van der Waals surface area contributed by atoms with Crippen molar-refractivity contribution in [1.82, 2.24) is 5.32 Å². The van der Waals surface area contributed by atoms with Crippen molar-refractivity contribution < 1.29 is 23.1 Å². The number of rotatable bonds is 9. The second-order valence-electron chi connectivity index (χ2n) is 5.85. The van der Waals surface area contributed by atoms with Crippen LogP contribution in [0.15, 0.2) is 0 Å². The topological polar surface area (TPSA) is 101 Å². The highest BCUT2D eigenvalue weighted by atomic mass is 32.2. The quantitative estimate of drug-likeness (QED) is 0.663. The van der Waals surface area contributed by atoms with Gasteiger partial charge in [-0.3, -0.25) is 4.79 Å². The van der Waals surface area contributed by atoms with E-state index in [4.69, 9.17) is 5.11 Å². The van der Waals surface area contributed by atoms with E-state index in [-0.39, 0.29) is 29.8 Å². The van der Waals surface area contributed by atoms with Crippen LogP contribution in [-0.2, 0) is 19.4 Å². The lowest BCUT2D eigenvalue weighted by molar-refractivity contribution is -0.142. The molecule has 0 unspecified atom stereocenters. The minimum Gasteiger partial charge on any atom is -0.480 e. The van der Waals surface area contributed by atoms with E-state index >= 15 is 0 Å². The third-order valence-corrected chi connectivity index (χ3v) is 4.57. The van der Waals surface area contributed by atoms with Crippen LogP contribution in [0.25, 0.3) is 0 Å². The predicted octanol–water partition coefficient (Wildman–Crippen LogP) is 1.06. The molecule has 0 aliphatic heterocycles. The SMILES string of the molecule is CC(C)C[C@H](NC(=O)CCS(=O)(=O)CC(C)C)C(=O)O. The molecule has 0 aromatic rings. The van der Waals surface area contributed by atoms with Gasteiger partial charge in [-0.25, -0.2) is 13.2 Å². The van der Waals surface area contributed by atoms with E-state index in [1.807, 2.05) is 13.8 Å². The smallest absolute Gasteiger partial charge is 0.326 e. The first kappa shape index (κ1) is 18.9. The van der Waals surface area contributed by atoms with E-state index < -0.39 is 27.8 Å². The van der Waals surface area contributed by atoms with E-state index in [0.29, 0.717) is 6.42 Å². The summed E-state index contributed by atoms with van der Waals surface area (Å²) in [5.74, 6) is -1.71. The standard InChI is InChI=1S/C13H25NO5S/c1-9(2)7-11(13(16)17)14-12(15)5-6-20(18,19)8-10(3)4/h9-11H,5-8H2,1-4H3,(H,14,15)(H,16,17)/t11-/m0/s1. The molecule has 118 valence electrons. The first-order valence-electron chi connectivity index (χ1n) is 6.76. The number of aliphatic carboxylic acids is 1. The summed E-state index contributed by atoms with van der Waals surface area (Å²) < 4.78 is 23.3. The van der Waals surface area contributed by atoms with Gasteiger partial charge in [0.05, 0.1) is 11.5 Å². The van der Waals surface area contributed by atoms with Gasteiger partial charge in [0.15, 0.2) is 9.84 Å². The molecular weight excluding hydrogens is 282 g/mol. The molecule has 0 rings (SSSR count). The van der Waals surface area contributed by atoms with Gasteiger partial charge in [0.25, 0.3) is 0 Å². The fourth-order valence-corrected chi connectivity index (χ4v) is 3.48. The number of nitrogens with one attached hydrogen (secondary N) is 1. The number of carbonyl (C=O) groups is 2. The highest BCUT2D eigenvalue weighted by molar-refractivity contribution is 7.91. The van der Waals surface area contributed by atoms with Gasteiger partial charge in [-0.15, -0.1) is 0 Å². The van der Waals surface area contributed by atoms with Crippen molar-refractivity contribution in [2.45, 2.75) is 46.6 Å². The van der Waals surface area contributed by atoms with E-state index in [2.05, 4.69) is 5.32 Å². The molecule has 0 bridgehead atoms. The molecule has 0 saturated carbocycles. The third-order valence-electron chi connectivity index (χ3n) is 2.57. The molecule has 1 atom stereocenters. The molecule has 0 radical (unpaired) electrons. The molecule has 0 fully saturated rings. The molecule has 0 spiro atoms. The van der Waals surface area contributed by atoms with Crippen molar-refractivity contribution in [3.63, 3.8) is 0 Å². The molecule has 20 heavy (non-hydrogen) atoms. The molecule has 0 aliphatic carbocycles. The summed E-state index contributed by atoms with van der Waals surface area (Å²) in [5, 5.41) is 11.4. The summed E-state index contributed by atoms with van der Waals surface area (Å²) in [4.78, 5) is 22.6. The predicted molar refractivity (Wildman–Crippen MR) is 77.1 cm³/mol. The first-order valence-corrected chi connectivity index (χ1v) is 8.58. The number of carboxylic acid groups (broad SMARTS) is 1. The number of carbonyl (C=O) groups excluding carboxylic acids is 1. The maximum absolute atomic E-state index is 11.6. The van der Waals surface area contributed by atoms with Crippen LogP contribution in [0.2, 0.25) is 0 Å². The van der Waals surface area contributed by atoms with Crippen LogP contribution in [0.3, 0.4) is 0 Å². The lowest BCUT2D eigenvalue weighted by Crippen LogP contribution is -2.42. The molecule has 2 N–H and O–H groups in total. The highest BCUT2D eigenvalue weighted by Gasteiger charge is 2.22. The molecule has 0 heterocycles. The van der Waals surface area contributed by atoms with Crippen molar-refractivity contribution in [2.75, 3.05) is 11.5 Å². The minimum absolute atomic E-state index is 0.00997. The second kappa shape index (κ2) is 8.24. The number of hydrogen-bond donors (Lipinski definition) is 2. The zero-order valence-electron chi connectivity index (χ0n) is 12.5. The summed E-state index contributed by atoms with van der Waals surface area (Å²) in [5.41, 5.74) is 0. The number of carboxylic acids is 1.